The normalized spacial score (nSPS) is 16.2. The monoisotopic (exact) mass is 267 g/mol. The minimum Gasteiger partial charge on any atom is -0.351 e. The molecule has 1 aromatic heterocycles. The second-order valence-corrected chi connectivity index (χ2v) is 4.33. The lowest BCUT2D eigenvalue weighted by molar-refractivity contribution is 0.0945. The average Bonchev–Trinajstić information content (AvgIpc) is 2.39. The Morgan fingerprint density at radius 2 is 2.05 bits per heavy atom. The highest BCUT2D eigenvalue weighted by molar-refractivity contribution is 5.93. The Morgan fingerprint density at radius 1 is 1.32 bits per heavy atom. The third kappa shape index (κ3) is 3.76. The summed E-state index contributed by atoms with van der Waals surface area (Å²) in [7, 11) is 0. The van der Waals surface area contributed by atoms with E-state index in [2.05, 4.69) is 20.5 Å². The second kappa shape index (κ2) is 6.30. The van der Waals surface area contributed by atoms with Crippen LogP contribution >= 0.6 is 0 Å². The largest absolute Gasteiger partial charge is 0.351 e. The molecule has 0 aliphatic carbocycles. The van der Waals surface area contributed by atoms with Crippen LogP contribution in [0.3, 0.4) is 0 Å². The van der Waals surface area contributed by atoms with Crippen molar-refractivity contribution < 1.29 is 4.79 Å². The number of piperazine rings is 1. The molecule has 0 atom stereocenters. The fourth-order valence-corrected chi connectivity index (χ4v) is 1.94. The number of rotatable bonds is 4. The maximum Gasteiger partial charge on any atom is 0.325 e. The molecule has 8 heteroatoms. The zero-order valence-electron chi connectivity index (χ0n) is 10.5. The van der Waals surface area contributed by atoms with Crippen LogP contribution in [0.2, 0.25) is 0 Å². The number of nitrogens with one attached hydrogen (secondary N) is 4. The number of hydrogen-bond acceptors (Lipinski definition) is 5. The average molecular weight is 267 g/mol. The smallest absolute Gasteiger partial charge is 0.325 e. The molecular weight excluding hydrogens is 250 g/mol. The molecule has 1 aliphatic heterocycles. The third-order valence-electron chi connectivity index (χ3n) is 2.99. The first-order chi connectivity index (χ1) is 9.16. The first-order valence-corrected chi connectivity index (χ1v) is 6.20. The summed E-state index contributed by atoms with van der Waals surface area (Å²) in [6.45, 7) is 5.03. The Hall–Kier alpha value is -1.93. The van der Waals surface area contributed by atoms with Crippen molar-refractivity contribution in [2.24, 2.45) is 0 Å². The summed E-state index contributed by atoms with van der Waals surface area (Å²) < 4.78 is 0. The third-order valence-corrected chi connectivity index (χ3v) is 2.99. The molecule has 0 bridgehead atoms. The highest BCUT2D eigenvalue weighted by Crippen LogP contribution is 1.91. The molecule has 0 aromatic carbocycles. The molecule has 1 saturated heterocycles. The molecule has 0 spiro atoms. The van der Waals surface area contributed by atoms with Crippen molar-refractivity contribution in [3.8, 4) is 0 Å². The maximum absolute atomic E-state index is 11.7. The summed E-state index contributed by atoms with van der Waals surface area (Å²) in [6.07, 6.45) is 1.13. The molecule has 1 aromatic rings. The van der Waals surface area contributed by atoms with Gasteiger partial charge in [0.05, 0.1) is 0 Å². The summed E-state index contributed by atoms with van der Waals surface area (Å²) in [6, 6.07) is 0. The zero-order valence-corrected chi connectivity index (χ0v) is 10.5. The van der Waals surface area contributed by atoms with Gasteiger partial charge < -0.3 is 15.6 Å². The van der Waals surface area contributed by atoms with Gasteiger partial charge in [0.25, 0.3) is 11.5 Å². The van der Waals surface area contributed by atoms with Crippen LogP contribution in [-0.2, 0) is 0 Å². The molecule has 4 N–H and O–H groups in total. The fourth-order valence-electron chi connectivity index (χ4n) is 1.94. The minimum absolute atomic E-state index is 0.0834. The number of aromatic nitrogens is 2. The van der Waals surface area contributed by atoms with Crippen LogP contribution in [0.5, 0.6) is 0 Å². The van der Waals surface area contributed by atoms with E-state index in [9.17, 15) is 14.4 Å². The molecule has 0 unspecified atom stereocenters. The lowest BCUT2D eigenvalue weighted by atomic mass is 10.3. The Kier molecular flexibility index (Phi) is 4.48. The van der Waals surface area contributed by atoms with E-state index in [1.807, 2.05) is 4.98 Å². The summed E-state index contributed by atoms with van der Waals surface area (Å²) in [4.78, 5) is 40.5. The van der Waals surface area contributed by atoms with Crippen LogP contribution in [0.4, 0.5) is 0 Å². The van der Waals surface area contributed by atoms with Crippen LogP contribution in [0.15, 0.2) is 15.8 Å². The predicted octanol–water partition coefficient (Wildman–Crippen LogP) is -2.30. The molecule has 19 heavy (non-hydrogen) atoms. The molecule has 8 nitrogen and oxygen atoms in total. The van der Waals surface area contributed by atoms with Gasteiger partial charge in [0.15, 0.2) is 0 Å². The van der Waals surface area contributed by atoms with E-state index in [1.165, 1.54) is 0 Å². The van der Waals surface area contributed by atoms with E-state index in [4.69, 9.17) is 0 Å². The van der Waals surface area contributed by atoms with Crippen LogP contribution in [0, 0.1) is 0 Å². The van der Waals surface area contributed by atoms with E-state index >= 15 is 0 Å². The van der Waals surface area contributed by atoms with Gasteiger partial charge in [-0.25, -0.2) is 4.79 Å². The van der Waals surface area contributed by atoms with Crippen LogP contribution in [0.1, 0.15) is 10.4 Å². The van der Waals surface area contributed by atoms with Gasteiger partial charge in [-0.1, -0.05) is 0 Å². The number of hydrogen-bond donors (Lipinski definition) is 4. The molecule has 1 aliphatic rings. The number of aromatic amines is 2. The van der Waals surface area contributed by atoms with E-state index in [0.717, 1.165) is 38.9 Å². The Labute approximate surface area is 109 Å². The van der Waals surface area contributed by atoms with Crippen molar-refractivity contribution in [1.82, 2.24) is 25.5 Å². The van der Waals surface area contributed by atoms with Gasteiger partial charge in [-0.2, -0.15) is 0 Å². The molecule has 2 rings (SSSR count). The quantitative estimate of drug-likeness (QED) is 0.490. The first-order valence-electron chi connectivity index (χ1n) is 6.20. The summed E-state index contributed by atoms with van der Waals surface area (Å²) in [5, 5.41) is 5.91. The Morgan fingerprint density at radius 3 is 2.74 bits per heavy atom. The summed E-state index contributed by atoms with van der Waals surface area (Å²) in [5.41, 5.74) is -1.38. The zero-order chi connectivity index (χ0) is 13.7. The van der Waals surface area contributed by atoms with Crippen molar-refractivity contribution in [1.29, 1.82) is 0 Å². The highest BCUT2D eigenvalue weighted by Gasteiger charge is 2.12. The topological polar surface area (TPSA) is 110 Å². The molecular formula is C11H17N5O3. The number of carbonyl (C=O) groups is 1. The Balaban J connectivity index is 1.83. The van der Waals surface area contributed by atoms with Crippen LogP contribution < -0.4 is 21.9 Å². The van der Waals surface area contributed by atoms with Crippen LogP contribution in [0.25, 0.3) is 0 Å². The lowest BCUT2D eigenvalue weighted by Gasteiger charge is -2.27. The van der Waals surface area contributed by atoms with Crippen molar-refractivity contribution in [3.05, 3.63) is 32.6 Å². The lowest BCUT2D eigenvalue weighted by Crippen LogP contribution is -2.46. The number of amides is 1. The van der Waals surface area contributed by atoms with Gasteiger partial charge in [0, 0.05) is 45.5 Å². The second-order valence-electron chi connectivity index (χ2n) is 4.33. The van der Waals surface area contributed by atoms with Gasteiger partial charge in [0.1, 0.15) is 5.56 Å². The Bertz CT molecular complexity index is 544. The van der Waals surface area contributed by atoms with E-state index in [0.29, 0.717) is 6.54 Å². The standard InChI is InChI=1S/C11H17N5O3/c17-9(8-7-14-11(19)15-10(8)18)13-3-6-16-4-1-12-2-5-16/h7,12H,1-6H2,(H,13,17)(H2,14,15,18,19). The van der Waals surface area contributed by atoms with E-state index < -0.39 is 17.2 Å². The molecule has 1 amide bonds. The predicted molar refractivity (Wildman–Crippen MR) is 69.3 cm³/mol. The van der Waals surface area contributed by atoms with Crippen molar-refractivity contribution >= 4 is 5.91 Å². The van der Waals surface area contributed by atoms with Gasteiger partial charge in [-0.3, -0.25) is 19.5 Å². The summed E-state index contributed by atoms with van der Waals surface area (Å²) in [5.74, 6) is -0.479. The SMILES string of the molecule is O=C(NCCN1CCNCC1)c1c[nH]c(=O)[nH]c1=O. The molecule has 104 valence electrons. The van der Waals surface area contributed by atoms with Crippen LogP contribution in [-0.4, -0.2) is 60.0 Å². The van der Waals surface area contributed by atoms with Gasteiger partial charge in [-0.05, 0) is 0 Å². The summed E-state index contributed by atoms with van der Waals surface area (Å²) >= 11 is 0. The maximum atomic E-state index is 11.7. The van der Waals surface area contributed by atoms with Crippen molar-refractivity contribution in [2.75, 3.05) is 39.3 Å². The first kappa shape index (κ1) is 13.5. The molecule has 0 radical (unpaired) electrons. The number of nitrogens with zero attached hydrogens (tertiary/aromatic N) is 1. The van der Waals surface area contributed by atoms with Gasteiger partial charge in [-0.15, -0.1) is 0 Å². The molecule has 2 heterocycles. The number of H-pyrrole nitrogens is 2. The minimum atomic E-state index is -0.677. The van der Waals surface area contributed by atoms with Gasteiger partial charge in [0.2, 0.25) is 0 Å². The molecule has 0 saturated carbocycles. The molecule has 1 fully saturated rings. The fraction of sp³-hybridized carbons (Fsp3) is 0.545. The van der Waals surface area contributed by atoms with E-state index in [1.54, 1.807) is 0 Å². The van der Waals surface area contributed by atoms with Crippen molar-refractivity contribution in [3.63, 3.8) is 0 Å². The van der Waals surface area contributed by atoms with E-state index in [-0.39, 0.29) is 5.56 Å². The highest BCUT2D eigenvalue weighted by atomic mass is 16.2. The number of carbonyl (C=O) groups excluding carboxylic acids is 1. The van der Waals surface area contributed by atoms with Gasteiger partial charge >= 0.3 is 5.69 Å². The van der Waals surface area contributed by atoms with Crippen molar-refractivity contribution in [2.45, 2.75) is 0 Å².